The molecule has 14 heavy (non-hydrogen) atoms. The lowest BCUT2D eigenvalue weighted by molar-refractivity contribution is 0.336. The molecular formula is C6H5Cl3N4O. The van der Waals surface area contributed by atoms with E-state index in [4.69, 9.17) is 39.5 Å². The molecule has 1 rings (SSSR count). The predicted molar refractivity (Wildman–Crippen MR) is 54.4 cm³/mol. The summed E-state index contributed by atoms with van der Waals surface area (Å²) in [6.07, 6.45) is 0. The Hall–Kier alpha value is -0.650. The predicted octanol–water partition coefficient (Wildman–Crippen LogP) is 2.44. The van der Waals surface area contributed by atoms with Crippen LogP contribution in [0.5, 0.6) is 0 Å². The molecule has 0 N–H and O–H groups in total. The monoisotopic (exact) mass is 254 g/mol. The summed E-state index contributed by atoms with van der Waals surface area (Å²) >= 11 is 16.6. The first-order valence-electron chi connectivity index (χ1n) is 3.56. The van der Waals surface area contributed by atoms with Crippen molar-refractivity contribution in [2.75, 3.05) is 6.61 Å². The molecule has 0 aromatic carbocycles. The molecule has 1 aromatic rings. The molecule has 0 aliphatic rings. The van der Waals surface area contributed by atoms with Crippen LogP contribution in [-0.4, -0.2) is 26.9 Å². The van der Waals surface area contributed by atoms with E-state index < -0.39 is 0 Å². The average Bonchev–Trinajstić information content (AvgIpc) is 2.01. The zero-order valence-corrected chi connectivity index (χ0v) is 9.31. The first-order chi connectivity index (χ1) is 6.61. The van der Waals surface area contributed by atoms with Gasteiger partial charge in [-0.1, -0.05) is 0 Å². The molecule has 1 aromatic heterocycles. The van der Waals surface area contributed by atoms with Gasteiger partial charge in [0.2, 0.25) is 10.6 Å². The first kappa shape index (κ1) is 11.4. The van der Waals surface area contributed by atoms with Gasteiger partial charge in [-0.15, -0.1) is 0 Å². The second-order valence-corrected chi connectivity index (χ2v) is 2.97. The summed E-state index contributed by atoms with van der Waals surface area (Å²) in [7, 11) is 0. The highest BCUT2D eigenvalue weighted by molar-refractivity contribution is 6.63. The summed E-state index contributed by atoms with van der Waals surface area (Å²) < 4.78 is 4.85. The molecule has 0 fully saturated rings. The molecule has 76 valence electrons. The lowest BCUT2D eigenvalue weighted by atomic mass is 10.9. The second kappa shape index (κ2) is 5.29. The highest BCUT2D eigenvalue weighted by atomic mass is 35.5. The Balaban J connectivity index is 2.90. The van der Waals surface area contributed by atoms with E-state index in [2.05, 4.69) is 19.9 Å². The number of hydrogen-bond acceptors (Lipinski definition) is 5. The summed E-state index contributed by atoms with van der Waals surface area (Å²) in [6.45, 7) is 2.17. The Morgan fingerprint density at radius 2 is 1.86 bits per heavy atom. The maximum absolute atomic E-state index is 5.56. The van der Waals surface area contributed by atoms with Crippen molar-refractivity contribution in [2.45, 2.75) is 6.92 Å². The lowest BCUT2D eigenvalue weighted by Crippen LogP contribution is -1.96. The van der Waals surface area contributed by atoms with Crippen molar-refractivity contribution >= 4 is 46.1 Å². The molecule has 8 heteroatoms. The van der Waals surface area contributed by atoms with Crippen LogP contribution < -0.4 is 0 Å². The summed E-state index contributed by atoms with van der Waals surface area (Å²) in [5.74, 6) is 0.00782. The fraction of sp³-hybridized carbons (Fsp3) is 0.333. The van der Waals surface area contributed by atoms with Crippen molar-refractivity contribution in [3.8, 4) is 0 Å². The highest BCUT2D eigenvalue weighted by Crippen LogP contribution is 2.12. The molecule has 5 nitrogen and oxygen atoms in total. The minimum absolute atomic E-state index is 0.00782. The van der Waals surface area contributed by atoms with Crippen molar-refractivity contribution < 1.29 is 4.74 Å². The van der Waals surface area contributed by atoms with Crippen LogP contribution >= 0.6 is 34.8 Å². The molecular weight excluding hydrogens is 250 g/mol. The van der Waals surface area contributed by atoms with Gasteiger partial charge in [0.05, 0.1) is 6.61 Å². The van der Waals surface area contributed by atoms with E-state index in [0.717, 1.165) is 0 Å². The molecule has 0 amide bonds. The minimum atomic E-state index is -0.0779. The first-order valence-corrected chi connectivity index (χ1v) is 4.69. The molecule has 0 saturated carbocycles. The number of hydrogen-bond donors (Lipinski definition) is 0. The Morgan fingerprint density at radius 1 is 1.29 bits per heavy atom. The van der Waals surface area contributed by atoms with Crippen molar-refractivity contribution in [1.29, 1.82) is 0 Å². The van der Waals surface area contributed by atoms with Gasteiger partial charge in [0.25, 0.3) is 11.3 Å². The van der Waals surface area contributed by atoms with Crippen molar-refractivity contribution in [3.05, 3.63) is 10.6 Å². The van der Waals surface area contributed by atoms with Gasteiger partial charge in [0.1, 0.15) is 0 Å². The zero-order valence-electron chi connectivity index (χ0n) is 7.04. The van der Waals surface area contributed by atoms with Crippen molar-refractivity contribution in [1.82, 2.24) is 15.0 Å². The van der Waals surface area contributed by atoms with Gasteiger partial charge in [0, 0.05) is 0 Å². The normalized spacial score (nSPS) is 11.6. The maximum Gasteiger partial charge on any atom is 0.290 e. The number of ether oxygens (including phenoxy) is 1. The number of rotatable bonds is 2. The number of aromatic nitrogens is 3. The zero-order chi connectivity index (χ0) is 10.6. The molecule has 1 heterocycles. The van der Waals surface area contributed by atoms with Gasteiger partial charge in [-0.05, 0) is 41.7 Å². The van der Waals surface area contributed by atoms with Gasteiger partial charge in [-0.25, -0.2) is 0 Å². The van der Waals surface area contributed by atoms with Crippen LogP contribution in [0.15, 0.2) is 4.99 Å². The standard InChI is InChI=1S/C6H5Cl3N4O/c1-2-14-5(9)13-6-11-3(7)10-4(8)12-6/h2H2,1H3. The van der Waals surface area contributed by atoms with E-state index >= 15 is 0 Å². The van der Waals surface area contributed by atoms with E-state index in [9.17, 15) is 0 Å². The number of nitrogens with zero attached hydrogens (tertiary/aromatic N) is 4. The van der Waals surface area contributed by atoms with Crippen LogP contribution in [-0.2, 0) is 4.74 Å². The lowest BCUT2D eigenvalue weighted by Gasteiger charge is -1.98. The van der Waals surface area contributed by atoms with E-state index in [1.54, 1.807) is 6.92 Å². The number of halogens is 3. The molecule has 0 aliphatic carbocycles. The van der Waals surface area contributed by atoms with E-state index in [0.29, 0.717) is 6.61 Å². The Bertz CT molecular complexity index is 337. The van der Waals surface area contributed by atoms with E-state index in [1.165, 1.54) is 0 Å². The second-order valence-electron chi connectivity index (χ2n) is 1.97. The third kappa shape index (κ3) is 3.61. The molecule has 0 atom stereocenters. The fourth-order valence-electron chi connectivity index (χ4n) is 0.596. The minimum Gasteiger partial charge on any atom is -0.469 e. The quantitative estimate of drug-likeness (QED) is 0.601. The van der Waals surface area contributed by atoms with Gasteiger partial charge in [-0.2, -0.15) is 19.9 Å². The third-order valence-corrected chi connectivity index (χ3v) is 1.55. The molecule has 0 aliphatic heterocycles. The van der Waals surface area contributed by atoms with Gasteiger partial charge in [-0.3, -0.25) is 0 Å². The van der Waals surface area contributed by atoms with Gasteiger partial charge in [0.15, 0.2) is 0 Å². The molecule has 0 saturated heterocycles. The fourth-order valence-corrected chi connectivity index (χ4v) is 1.14. The maximum atomic E-state index is 5.56. The van der Waals surface area contributed by atoms with Crippen molar-refractivity contribution in [3.63, 3.8) is 0 Å². The number of aliphatic imine (C=N–C) groups is 1. The van der Waals surface area contributed by atoms with Crippen LogP contribution in [0.2, 0.25) is 10.6 Å². The van der Waals surface area contributed by atoms with Gasteiger partial charge >= 0.3 is 0 Å². The summed E-state index contributed by atoms with van der Waals surface area (Å²) in [6, 6.07) is 0. The van der Waals surface area contributed by atoms with Crippen LogP contribution in [0, 0.1) is 0 Å². The summed E-state index contributed by atoms with van der Waals surface area (Å²) in [5.41, 5.74) is 0. The third-order valence-electron chi connectivity index (χ3n) is 1.02. The topological polar surface area (TPSA) is 60.3 Å². The van der Waals surface area contributed by atoms with Crippen LogP contribution in [0.1, 0.15) is 6.92 Å². The van der Waals surface area contributed by atoms with Crippen LogP contribution in [0.25, 0.3) is 0 Å². The molecule has 0 bridgehead atoms. The summed E-state index contributed by atoms with van der Waals surface area (Å²) in [5, 5.41) is -0.180. The van der Waals surface area contributed by atoms with Crippen LogP contribution in [0.3, 0.4) is 0 Å². The molecule has 0 spiro atoms. The van der Waals surface area contributed by atoms with E-state index in [1.807, 2.05) is 0 Å². The Labute approximate surface area is 95.1 Å². The Morgan fingerprint density at radius 3 is 2.36 bits per heavy atom. The molecule has 0 radical (unpaired) electrons. The van der Waals surface area contributed by atoms with Crippen LogP contribution in [0.4, 0.5) is 5.95 Å². The molecule has 0 unspecified atom stereocenters. The van der Waals surface area contributed by atoms with E-state index in [-0.39, 0.29) is 21.9 Å². The Kier molecular flexibility index (Phi) is 4.31. The average molecular weight is 255 g/mol. The summed E-state index contributed by atoms with van der Waals surface area (Å²) in [4.78, 5) is 14.6. The SMILES string of the molecule is CCOC(Cl)=Nc1nc(Cl)nc(Cl)n1. The van der Waals surface area contributed by atoms with Gasteiger partial charge < -0.3 is 4.74 Å². The highest BCUT2D eigenvalue weighted by Gasteiger charge is 2.03. The largest absolute Gasteiger partial charge is 0.469 e. The van der Waals surface area contributed by atoms with Crippen molar-refractivity contribution in [2.24, 2.45) is 4.99 Å². The smallest absolute Gasteiger partial charge is 0.290 e.